The first-order valence-electron chi connectivity index (χ1n) is 8.11. The molecule has 0 bridgehead atoms. The van der Waals surface area contributed by atoms with Crippen LogP contribution in [0.5, 0.6) is 0 Å². The first-order chi connectivity index (χ1) is 12.5. The third-order valence-electron chi connectivity index (χ3n) is 3.80. The van der Waals surface area contributed by atoms with Crippen LogP contribution in [0.4, 0.5) is 5.82 Å². The van der Waals surface area contributed by atoms with E-state index in [-0.39, 0.29) is 24.6 Å². The van der Waals surface area contributed by atoms with E-state index in [4.69, 9.17) is 0 Å². The van der Waals surface area contributed by atoms with Crippen molar-refractivity contribution < 1.29 is 9.59 Å². The van der Waals surface area contributed by atoms with E-state index in [0.29, 0.717) is 11.2 Å². The van der Waals surface area contributed by atoms with Crippen LogP contribution in [-0.2, 0) is 16.1 Å². The summed E-state index contributed by atoms with van der Waals surface area (Å²) >= 11 is 0. The Morgan fingerprint density at radius 2 is 1.85 bits per heavy atom. The molecule has 0 aliphatic rings. The van der Waals surface area contributed by atoms with Gasteiger partial charge in [0.2, 0.25) is 11.8 Å². The van der Waals surface area contributed by atoms with Gasteiger partial charge in [0, 0.05) is 17.3 Å². The number of nitrogens with one attached hydrogen (secondary N) is 2. The third kappa shape index (κ3) is 4.13. The van der Waals surface area contributed by atoms with Crippen LogP contribution in [0.3, 0.4) is 0 Å². The minimum absolute atomic E-state index is 0.153. The number of aromatic nitrogens is 2. The van der Waals surface area contributed by atoms with Crippen molar-refractivity contribution in [3.8, 4) is 0 Å². The number of benzene rings is 1. The second kappa shape index (κ2) is 7.60. The molecule has 0 aliphatic carbocycles. The molecule has 0 radical (unpaired) electrons. The lowest BCUT2D eigenvalue weighted by Crippen LogP contribution is -2.37. The second-order valence-electron chi connectivity index (χ2n) is 5.83. The summed E-state index contributed by atoms with van der Waals surface area (Å²) in [5.41, 5.74) is 0.536. The fourth-order valence-electron chi connectivity index (χ4n) is 2.54. The van der Waals surface area contributed by atoms with E-state index in [1.54, 1.807) is 36.5 Å². The van der Waals surface area contributed by atoms with Crippen molar-refractivity contribution in [2.45, 2.75) is 13.5 Å². The van der Waals surface area contributed by atoms with Gasteiger partial charge in [-0.1, -0.05) is 24.3 Å². The molecule has 0 spiro atoms. The topological polar surface area (TPSA) is 93.1 Å². The Kier molecular flexibility index (Phi) is 5.07. The molecule has 2 aromatic heterocycles. The summed E-state index contributed by atoms with van der Waals surface area (Å²) in [6, 6.07) is 14.2. The van der Waals surface area contributed by atoms with E-state index in [2.05, 4.69) is 15.6 Å². The molecule has 7 nitrogen and oxygen atoms in total. The molecule has 26 heavy (non-hydrogen) atoms. The summed E-state index contributed by atoms with van der Waals surface area (Å²) in [5.74, 6) is -0.382. The molecular weight excluding hydrogens is 332 g/mol. The number of fused-ring (bicyclic) bond motifs is 1. The normalized spacial score (nSPS) is 10.5. The van der Waals surface area contributed by atoms with Crippen molar-refractivity contribution in [2.75, 3.05) is 11.9 Å². The zero-order valence-electron chi connectivity index (χ0n) is 14.2. The molecule has 1 aromatic carbocycles. The summed E-state index contributed by atoms with van der Waals surface area (Å²) < 4.78 is 1.32. The predicted octanol–water partition coefficient (Wildman–Crippen LogP) is 1.46. The zero-order valence-corrected chi connectivity index (χ0v) is 14.2. The fourth-order valence-corrected chi connectivity index (χ4v) is 2.54. The standard InChI is InChI=1S/C19H18N4O3/c1-13-5-4-8-16(21-13)22-17(24)11-20-18(25)12-23-10-9-14-6-2-3-7-15(14)19(23)26/h2-10H,11-12H2,1H3,(H,20,25)(H,21,22,24). The lowest BCUT2D eigenvalue weighted by atomic mass is 10.2. The van der Waals surface area contributed by atoms with E-state index >= 15 is 0 Å². The predicted molar refractivity (Wildman–Crippen MR) is 98.8 cm³/mol. The van der Waals surface area contributed by atoms with Crippen LogP contribution in [-0.4, -0.2) is 27.9 Å². The highest BCUT2D eigenvalue weighted by atomic mass is 16.2. The molecule has 3 aromatic rings. The van der Waals surface area contributed by atoms with E-state index in [9.17, 15) is 14.4 Å². The molecule has 0 unspecified atom stereocenters. The molecule has 132 valence electrons. The molecule has 0 aliphatic heterocycles. The van der Waals surface area contributed by atoms with Gasteiger partial charge in [-0.2, -0.15) is 0 Å². The van der Waals surface area contributed by atoms with Gasteiger partial charge in [-0.15, -0.1) is 0 Å². The molecule has 2 heterocycles. The Morgan fingerprint density at radius 3 is 2.65 bits per heavy atom. The third-order valence-corrected chi connectivity index (χ3v) is 3.80. The van der Waals surface area contributed by atoms with Crippen LogP contribution in [0.2, 0.25) is 0 Å². The molecule has 0 saturated carbocycles. The number of pyridine rings is 2. The molecule has 2 N–H and O–H groups in total. The van der Waals surface area contributed by atoms with Gasteiger partial charge in [0.1, 0.15) is 12.4 Å². The summed E-state index contributed by atoms with van der Waals surface area (Å²) in [6.45, 7) is 1.47. The highest BCUT2D eigenvalue weighted by Gasteiger charge is 2.09. The Labute approximate surface area is 149 Å². The van der Waals surface area contributed by atoms with Crippen molar-refractivity contribution in [2.24, 2.45) is 0 Å². The van der Waals surface area contributed by atoms with E-state index in [1.165, 1.54) is 4.57 Å². The minimum atomic E-state index is -0.422. The highest BCUT2D eigenvalue weighted by molar-refractivity contribution is 5.93. The molecule has 7 heteroatoms. The number of carbonyl (C=O) groups is 2. The van der Waals surface area contributed by atoms with Crippen molar-refractivity contribution in [1.82, 2.24) is 14.9 Å². The number of hydrogen-bond donors (Lipinski definition) is 2. The second-order valence-corrected chi connectivity index (χ2v) is 5.83. The minimum Gasteiger partial charge on any atom is -0.345 e. The average Bonchev–Trinajstić information content (AvgIpc) is 2.63. The maximum atomic E-state index is 12.4. The van der Waals surface area contributed by atoms with Gasteiger partial charge < -0.3 is 15.2 Å². The molecule has 0 atom stereocenters. The number of aryl methyl sites for hydroxylation is 1. The molecule has 0 saturated heterocycles. The van der Waals surface area contributed by atoms with E-state index in [1.807, 2.05) is 25.1 Å². The van der Waals surface area contributed by atoms with Gasteiger partial charge in [-0.25, -0.2) is 4.98 Å². The smallest absolute Gasteiger partial charge is 0.258 e. The molecular formula is C19H18N4O3. The van der Waals surface area contributed by atoms with Crippen molar-refractivity contribution in [3.63, 3.8) is 0 Å². The number of anilines is 1. The van der Waals surface area contributed by atoms with Crippen molar-refractivity contribution in [1.29, 1.82) is 0 Å². The zero-order chi connectivity index (χ0) is 18.5. The summed E-state index contributed by atoms with van der Waals surface area (Å²) in [6.07, 6.45) is 1.57. The van der Waals surface area contributed by atoms with Gasteiger partial charge in [0.25, 0.3) is 5.56 Å². The van der Waals surface area contributed by atoms with Gasteiger partial charge in [-0.3, -0.25) is 14.4 Å². The largest absolute Gasteiger partial charge is 0.345 e. The van der Waals surface area contributed by atoms with Crippen molar-refractivity contribution in [3.05, 3.63) is 70.8 Å². The SMILES string of the molecule is Cc1cccc(NC(=O)CNC(=O)Cn2ccc3ccccc3c2=O)n1. The number of rotatable bonds is 5. The number of hydrogen-bond acceptors (Lipinski definition) is 4. The monoisotopic (exact) mass is 350 g/mol. The molecule has 2 amide bonds. The summed E-state index contributed by atoms with van der Waals surface area (Å²) in [5, 5.41) is 6.47. The fraction of sp³-hybridized carbons (Fsp3) is 0.158. The first-order valence-corrected chi connectivity index (χ1v) is 8.11. The Balaban J connectivity index is 1.58. The Hall–Kier alpha value is -3.48. The van der Waals surface area contributed by atoms with E-state index in [0.717, 1.165) is 11.1 Å². The van der Waals surface area contributed by atoms with Gasteiger partial charge >= 0.3 is 0 Å². The first kappa shape index (κ1) is 17.3. The van der Waals surface area contributed by atoms with Crippen LogP contribution >= 0.6 is 0 Å². The molecule has 0 fully saturated rings. The lowest BCUT2D eigenvalue weighted by molar-refractivity contribution is -0.124. The highest BCUT2D eigenvalue weighted by Crippen LogP contribution is 2.07. The van der Waals surface area contributed by atoms with E-state index < -0.39 is 5.91 Å². The van der Waals surface area contributed by atoms with Gasteiger partial charge in [0.05, 0.1) is 6.54 Å². The quantitative estimate of drug-likeness (QED) is 0.728. The summed E-state index contributed by atoms with van der Waals surface area (Å²) in [4.78, 5) is 40.5. The number of nitrogens with zero attached hydrogens (tertiary/aromatic N) is 2. The maximum absolute atomic E-state index is 12.4. The number of amides is 2. The Bertz CT molecular complexity index is 1030. The molecule has 3 rings (SSSR count). The van der Waals surface area contributed by atoms with Crippen LogP contribution < -0.4 is 16.2 Å². The van der Waals surface area contributed by atoms with Crippen LogP contribution in [0.1, 0.15) is 5.69 Å². The maximum Gasteiger partial charge on any atom is 0.258 e. The summed E-state index contributed by atoms with van der Waals surface area (Å²) in [7, 11) is 0. The number of carbonyl (C=O) groups excluding carboxylic acids is 2. The van der Waals surface area contributed by atoms with Gasteiger partial charge in [-0.05, 0) is 36.6 Å². The van der Waals surface area contributed by atoms with Crippen molar-refractivity contribution >= 4 is 28.4 Å². The van der Waals surface area contributed by atoms with Crippen LogP contribution in [0, 0.1) is 6.92 Å². The lowest BCUT2D eigenvalue weighted by Gasteiger charge is -2.09. The average molecular weight is 350 g/mol. The van der Waals surface area contributed by atoms with Crippen LogP contribution in [0.15, 0.2) is 59.5 Å². The van der Waals surface area contributed by atoms with Gasteiger partial charge in [0.15, 0.2) is 0 Å². The Morgan fingerprint density at radius 1 is 1.04 bits per heavy atom. The van der Waals surface area contributed by atoms with Crippen LogP contribution in [0.25, 0.3) is 10.8 Å².